The third-order valence-electron chi connectivity index (χ3n) is 5.05. The molecule has 1 fully saturated rings. The van der Waals surface area contributed by atoms with Gasteiger partial charge in [0.15, 0.2) is 12.4 Å². The molecule has 2 aromatic heterocycles. The summed E-state index contributed by atoms with van der Waals surface area (Å²) in [6, 6.07) is 9.50. The third kappa shape index (κ3) is 3.76. The topological polar surface area (TPSA) is 86.3 Å². The highest BCUT2D eigenvalue weighted by Crippen LogP contribution is 2.32. The number of hydrogen-bond donors (Lipinski definition) is 0. The number of likely N-dealkylation sites (tertiary alicyclic amines) is 1. The van der Waals surface area contributed by atoms with Crippen LogP contribution in [0.3, 0.4) is 0 Å². The molecule has 0 bridgehead atoms. The van der Waals surface area contributed by atoms with Crippen molar-refractivity contribution in [2.75, 3.05) is 13.1 Å². The fourth-order valence-electron chi connectivity index (χ4n) is 3.53. The van der Waals surface area contributed by atoms with E-state index in [4.69, 9.17) is 9.26 Å². The molecule has 8 nitrogen and oxygen atoms in total. The molecule has 28 heavy (non-hydrogen) atoms. The van der Waals surface area contributed by atoms with Crippen LogP contribution in [0.2, 0.25) is 0 Å². The van der Waals surface area contributed by atoms with Gasteiger partial charge in [0.05, 0.1) is 11.8 Å². The Morgan fingerprint density at radius 3 is 2.89 bits per heavy atom. The summed E-state index contributed by atoms with van der Waals surface area (Å²) >= 11 is 0. The van der Waals surface area contributed by atoms with Gasteiger partial charge in [-0.3, -0.25) is 9.48 Å². The van der Waals surface area contributed by atoms with Crippen LogP contribution in [0, 0.1) is 0 Å². The SMILES string of the molecule is Cn1cc(C(=O)N2CCCC(C)(c3noc(COc4ccccc4)n3)C2)cn1. The van der Waals surface area contributed by atoms with Crippen molar-refractivity contribution in [1.82, 2.24) is 24.8 Å². The number of carbonyl (C=O) groups is 1. The van der Waals surface area contributed by atoms with E-state index in [1.807, 2.05) is 35.2 Å². The first-order chi connectivity index (χ1) is 13.5. The van der Waals surface area contributed by atoms with Gasteiger partial charge in [-0.05, 0) is 25.0 Å². The minimum Gasteiger partial charge on any atom is -0.484 e. The van der Waals surface area contributed by atoms with E-state index >= 15 is 0 Å². The molecule has 1 atom stereocenters. The first-order valence-corrected chi connectivity index (χ1v) is 9.32. The van der Waals surface area contributed by atoms with Gasteiger partial charge >= 0.3 is 0 Å². The maximum atomic E-state index is 12.8. The number of nitrogens with zero attached hydrogens (tertiary/aromatic N) is 5. The van der Waals surface area contributed by atoms with E-state index in [2.05, 4.69) is 22.2 Å². The van der Waals surface area contributed by atoms with Gasteiger partial charge in [0.1, 0.15) is 5.75 Å². The molecular formula is C20H23N5O3. The zero-order valence-electron chi connectivity index (χ0n) is 16.0. The predicted molar refractivity (Wildman–Crippen MR) is 101 cm³/mol. The van der Waals surface area contributed by atoms with Crippen molar-refractivity contribution in [3.05, 3.63) is 60.0 Å². The van der Waals surface area contributed by atoms with Gasteiger partial charge in [-0.15, -0.1) is 0 Å². The van der Waals surface area contributed by atoms with Gasteiger partial charge in [-0.25, -0.2) is 0 Å². The molecule has 0 aliphatic carbocycles. The van der Waals surface area contributed by atoms with Gasteiger partial charge in [0.2, 0.25) is 0 Å². The second kappa shape index (κ2) is 7.46. The number of aromatic nitrogens is 4. The number of aryl methyl sites for hydroxylation is 1. The van der Waals surface area contributed by atoms with Crippen LogP contribution in [-0.2, 0) is 19.1 Å². The van der Waals surface area contributed by atoms with Crippen molar-refractivity contribution in [2.24, 2.45) is 7.05 Å². The standard InChI is InChI=1S/C20H23N5O3/c1-20(9-6-10-25(14-20)18(26)15-11-21-24(2)12-15)19-22-17(28-23-19)13-27-16-7-4-3-5-8-16/h3-5,7-8,11-12H,6,9-10,13-14H2,1-2H3. The third-order valence-corrected chi connectivity index (χ3v) is 5.05. The van der Waals surface area contributed by atoms with E-state index in [1.165, 1.54) is 0 Å². The van der Waals surface area contributed by atoms with Crippen LogP contribution in [0.5, 0.6) is 5.75 Å². The fraction of sp³-hybridized carbons (Fsp3) is 0.400. The number of carbonyl (C=O) groups excluding carboxylic acids is 1. The predicted octanol–water partition coefficient (Wildman–Crippen LogP) is 2.58. The Balaban J connectivity index is 1.44. The minimum atomic E-state index is -0.357. The van der Waals surface area contributed by atoms with Crippen LogP contribution in [0.25, 0.3) is 0 Å². The van der Waals surface area contributed by atoms with Gasteiger partial charge in [0, 0.05) is 31.7 Å². The molecule has 4 rings (SSSR count). The highest BCUT2D eigenvalue weighted by atomic mass is 16.5. The molecule has 1 unspecified atom stereocenters. The minimum absolute atomic E-state index is 0.0184. The molecule has 1 aliphatic heterocycles. The molecular weight excluding hydrogens is 358 g/mol. The zero-order valence-corrected chi connectivity index (χ0v) is 16.0. The Hall–Kier alpha value is -3.16. The molecule has 3 aromatic rings. The van der Waals surface area contributed by atoms with Crippen molar-refractivity contribution < 1.29 is 14.1 Å². The number of benzene rings is 1. The lowest BCUT2D eigenvalue weighted by Crippen LogP contribution is -2.47. The van der Waals surface area contributed by atoms with Crippen LogP contribution < -0.4 is 4.74 Å². The average molecular weight is 381 g/mol. The highest BCUT2D eigenvalue weighted by molar-refractivity contribution is 5.93. The first kappa shape index (κ1) is 18.2. The van der Waals surface area contributed by atoms with Crippen molar-refractivity contribution in [2.45, 2.75) is 31.8 Å². The van der Waals surface area contributed by atoms with Gasteiger partial charge in [0.25, 0.3) is 11.8 Å². The number of rotatable bonds is 5. The molecule has 0 saturated carbocycles. The molecule has 0 spiro atoms. The number of para-hydroxylation sites is 1. The highest BCUT2D eigenvalue weighted by Gasteiger charge is 2.39. The Morgan fingerprint density at radius 1 is 1.32 bits per heavy atom. The van der Waals surface area contributed by atoms with Crippen molar-refractivity contribution in [3.63, 3.8) is 0 Å². The first-order valence-electron chi connectivity index (χ1n) is 9.32. The van der Waals surface area contributed by atoms with E-state index in [-0.39, 0.29) is 17.9 Å². The van der Waals surface area contributed by atoms with Crippen molar-refractivity contribution >= 4 is 5.91 Å². The number of amides is 1. The molecule has 1 saturated heterocycles. The van der Waals surface area contributed by atoms with Crippen LogP contribution in [0.15, 0.2) is 47.2 Å². The molecule has 1 amide bonds. The fourth-order valence-corrected chi connectivity index (χ4v) is 3.53. The van der Waals surface area contributed by atoms with Gasteiger partial charge in [-0.1, -0.05) is 30.3 Å². The summed E-state index contributed by atoms with van der Waals surface area (Å²) in [6.45, 7) is 3.54. The van der Waals surface area contributed by atoms with Gasteiger partial charge < -0.3 is 14.2 Å². The maximum Gasteiger partial charge on any atom is 0.264 e. The summed E-state index contributed by atoms with van der Waals surface area (Å²) < 4.78 is 12.7. The molecule has 1 aromatic carbocycles. The molecule has 1 aliphatic rings. The average Bonchev–Trinajstić information content (AvgIpc) is 3.36. The van der Waals surface area contributed by atoms with Crippen LogP contribution in [-0.4, -0.2) is 43.8 Å². The number of hydrogen-bond acceptors (Lipinski definition) is 6. The molecule has 0 radical (unpaired) electrons. The normalized spacial score (nSPS) is 19.6. The van der Waals surface area contributed by atoms with Crippen LogP contribution in [0.1, 0.15) is 41.8 Å². The lowest BCUT2D eigenvalue weighted by Gasteiger charge is -2.38. The smallest absolute Gasteiger partial charge is 0.264 e. The molecule has 146 valence electrons. The number of ether oxygens (including phenoxy) is 1. The quantitative estimate of drug-likeness (QED) is 0.675. The van der Waals surface area contributed by atoms with E-state index in [0.717, 1.165) is 18.6 Å². The Morgan fingerprint density at radius 2 is 2.14 bits per heavy atom. The van der Waals surface area contributed by atoms with Crippen molar-refractivity contribution in [1.29, 1.82) is 0 Å². The Kier molecular flexibility index (Phi) is 4.85. The Bertz CT molecular complexity index is 952. The van der Waals surface area contributed by atoms with E-state index < -0.39 is 0 Å². The summed E-state index contributed by atoms with van der Waals surface area (Å²) in [5, 5.41) is 8.27. The lowest BCUT2D eigenvalue weighted by molar-refractivity contribution is 0.0642. The molecule has 8 heteroatoms. The zero-order chi connectivity index (χ0) is 19.6. The Labute approximate surface area is 163 Å². The molecule has 0 N–H and O–H groups in total. The van der Waals surface area contributed by atoms with Crippen molar-refractivity contribution in [3.8, 4) is 5.75 Å². The molecule has 3 heterocycles. The lowest BCUT2D eigenvalue weighted by atomic mass is 9.81. The second-order valence-corrected chi connectivity index (χ2v) is 7.41. The number of piperidine rings is 1. The van der Waals surface area contributed by atoms with E-state index in [0.29, 0.717) is 30.4 Å². The summed E-state index contributed by atoms with van der Waals surface area (Å²) in [6.07, 6.45) is 5.11. The van der Waals surface area contributed by atoms with Crippen LogP contribution >= 0.6 is 0 Å². The summed E-state index contributed by atoms with van der Waals surface area (Å²) in [5.41, 5.74) is 0.238. The summed E-state index contributed by atoms with van der Waals surface area (Å²) in [7, 11) is 1.80. The van der Waals surface area contributed by atoms with E-state index in [9.17, 15) is 4.79 Å². The van der Waals surface area contributed by atoms with E-state index in [1.54, 1.807) is 24.1 Å². The summed E-state index contributed by atoms with van der Waals surface area (Å²) in [4.78, 5) is 19.2. The maximum absolute atomic E-state index is 12.8. The van der Waals surface area contributed by atoms with Gasteiger partial charge in [-0.2, -0.15) is 10.1 Å². The van der Waals surface area contributed by atoms with Crippen LogP contribution in [0.4, 0.5) is 0 Å². The second-order valence-electron chi connectivity index (χ2n) is 7.41. The largest absolute Gasteiger partial charge is 0.484 e. The summed E-state index contributed by atoms with van der Waals surface area (Å²) in [5.74, 6) is 1.77. The monoisotopic (exact) mass is 381 g/mol.